The number of nitrogen functional groups attached to an aromatic ring is 2. The Morgan fingerprint density at radius 3 is 2.54 bits per heavy atom. The van der Waals surface area contributed by atoms with Crippen LogP contribution in [0.25, 0.3) is 0 Å². The van der Waals surface area contributed by atoms with Crippen molar-refractivity contribution < 1.29 is 0 Å². The highest BCUT2D eigenvalue weighted by Gasteiger charge is 1.96. The molecule has 1 aromatic carbocycles. The fourth-order valence-corrected chi connectivity index (χ4v) is 0.855. The van der Waals surface area contributed by atoms with E-state index in [0.717, 1.165) is 11.4 Å². The summed E-state index contributed by atoms with van der Waals surface area (Å²) in [5, 5.41) is 4.03. The molecule has 0 aliphatic heterocycles. The highest BCUT2D eigenvalue weighted by Crippen LogP contribution is 2.20. The van der Waals surface area contributed by atoms with Crippen LogP contribution in [0.3, 0.4) is 0 Å². The van der Waals surface area contributed by atoms with Crippen LogP contribution in [0.4, 0.5) is 17.1 Å². The van der Waals surface area contributed by atoms with Crippen LogP contribution in [-0.4, -0.2) is 5.71 Å². The van der Waals surface area contributed by atoms with Gasteiger partial charge < -0.3 is 11.5 Å². The third-order valence-electron chi connectivity index (χ3n) is 1.48. The molecule has 4 heteroatoms. The van der Waals surface area contributed by atoms with Crippen LogP contribution < -0.4 is 16.9 Å². The Morgan fingerprint density at radius 1 is 1.31 bits per heavy atom. The van der Waals surface area contributed by atoms with Crippen LogP contribution in [0.5, 0.6) is 0 Å². The van der Waals surface area contributed by atoms with E-state index in [1.807, 2.05) is 13.8 Å². The molecular formula is C9H14N4. The Kier molecular flexibility index (Phi) is 2.74. The molecule has 0 aliphatic rings. The standard InChI is InChI=1S/C9H14N4/c1-6(2)12-13-9-4-3-7(10)5-8(9)11/h3-5,13H,10-11H2,1-2H3. The van der Waals surface area contributed by atoms with Gasteiger partial charge in [0.1, 0.15) is 0 Å². The molecule has 0 fully saturated rings. The number of hydrogen-bond acceptors (Lipinski definition) is 4. The molecule has 0 saturated carbocycles. The first-order valence-corrected chi connectivity index (χ1v) is 4.01. The first-order valence-electron chi connectivity index (χ1n) is 4.01. The highest BCUT2D eigenvalue weighted by molar-refractivity contribution is 5.81. The van der Waals surface area contributed by atoms with Crippen LogP contribution in [0.2, 0.25) is 0 Å². The summed E-state index contributed by atoms with van der Waals surface area (Å²) in [6.07, 6.45) is 0. The Labute approximate surface area is 77.6 Å². The van der Waals surface area contributed by atoms with Gasteiger partial charge in [0.25, 0.3) is 0 Å². The van der Waals surface area contributed by atoms with Gasteiger partial charge in [0.2, 0.25) is 0 Å². The van der Waals surface area contributed by atoms with Crippen molar-refractivity contribution in [3.63, 3.8) is 0 Å². The first-order chi connectivity index (χ1) is 6.09. The molecule has 1 aromatic rings. The lowest BCUT2D eigenvalue weighted by Gasteiger charge is -2.05. The lowest BCUT2D eigenvalue weighted by molar-refractivity contribution is 1.32. The molecule has 0 aromatic heterocycles. The van der Waals surface area contributed by atoms with Crippen LogP contribution in [0, 0.1) is 0 Å². The second-order valence-electron chi connectivity index (χ2n) is 3.02. The van der Waals surface area contributed by atoms with E-state index in [4.69, 9.17) is 11.5 Å². The van der Waals surface area contributed by atoms with Gasteiger partial charge in [0, 0.05) is 11.4 Å². The summed E-state index contributed by atoms with van der Waals surface area (Å²) in [5.41, 5.74) is 17.1. The van der Waals surface area contributed by atoms with E-state index < -0.39 is 0 Å². The molecule has 1 rings (SSSR count). The predicted octanol–water partition coefficient (Wildman–Crippen LogP) is 1.66. The molecule has 70 valence electrons. The fourth-order valence-electron chi connectivity index (χ4n) is 0.855. The van der Waals surface area contributed by atoms with Crippen LogP contribution in [0.1, 0.15) is 13.8 Å². The summed E-state index contributed by atoms with van der Waals surface area (Å²) in [6, 6.07) is 5.28. The molecule has 0 spiro atoms. The topological polar surface area (TPSA) is 76.4 Å². The number of hydrazone groups is 1. The fraction of sp³-hybridized carbons (Fsp3) is 0.222. The molecule has 13 heavy (non-hydrogen) atoms. The maximum absolute atomic E-state index is 5.70. The number of benzene rings is 1. The lowest BCUT2D eigenvalue weighted by Crippen LogP contribution is -1.98. The lowest BCUT2D eigenvalue weighted by atomic mass is 10.2. The number of hydrogen-bond donors (Lipinski definition) is 3. The minimum absolute atomic E-state index is 0.602. The molecule has 0 aliphatic carbocycles. The maximum Gasteiger partial charge on any atom is 0.0792 e. The SMILES string of the molecule is CC(C)=NNc1ccc(N)cc1N. The molecule has 5 N–H and O–H groups in total. The molecular weight excluding hydrogens is 164 g/mol. The summed E-state index contributed by atoms with van der Waals surface area (Å²) in [7, 11) is 0. The van der Waals surface area contributed by atoms with Crippen molar-refractivity contribution in [2.75, 3.05) is 16.9 Å². The van der Waals surface area contributed by atoms with Gasteiger partial charge in [-0.2, -0.15) is 5.10 Å². The largest absolute Gasteiger partial charge is 0.399 e. The van der Waals surface area contributed by atoms with E-state index in [1.165, 1.54) is 0 Å². The Hall–Kier alpha value is -1.71. The maximum atomic E-state index is 5.70. The number of nitrogens with one attached hydrogen (secondary N) is 1. The van der Waals surface area contributed by atoms with Crippen molar-refractivity contribution in [2.45, 2.75) is 13.8 Å². The molecule has 0 amide bonds. The van der Waals surface area contributed by atoms with Gasteiger partial charge in [0.15, 0.2) is 0 Å². The van der Waals surface area contributed by atoms with Gasteiger partial charge in [-0.15, -0.1) is 0 Å². The number of nitrogens with zero attached hydrogens (tertiary/aromatic N) is 1. The van der Waals surface area contributed by atoms with Crippen LogP contribution >= 0.6 is 0 Å². The van der Waals surface area contributed by atoms with Gasteiger partial charge >= 0.3 is 0 Å². The van der Waals surface area contributed by atoms with Gasteiger partial charge in [-0.1, -0.05) is 0 Å². The predicted molar refractivity (Wildman–Crippen MR) is 57.7 cm³/mol. The van der Waals surface area contributed by atoms with Crippen LogP contribution in [-0.2, 0) is 0 Å². The zero-order chi connectivity index (χ0) is 9.84. The van der Waals surface area contributed by atoms with Crippen molar-refractivity contribution in [1.29, 1.82) is 0 Å². The summed E-state index contributed by atoms with van der Waals surface area (Å²) < 4.78 is 0. The summed E-state index contributed by atoms with van der Waals surface area (Å²) in [5.74, 6) is 0. The van der Waals surface area contributed by atoms with Crippen molar-refractivity contribution in [2.24, 2.45) is 5.10 Å². The third-order valence-corrected chi connectivity index (χ3v) is 1.48. The first kappa shape index (κ1) is 9.38. The molecule has 0 heterocycles. The van der Waals surface area contributed by atoms with E-state index in [1.54, 1.807) is 18.2 Å². The Balaban J connectivity index is 2.84. The second kappa shape index (κ2) is 3.80. The summed E-state index contributed by atoms with van der Waals surface area (Å²) >= 11 is 0. The van der Waals surface area contributed by atoms with Crippen molar-refractivity contribution in [1.82, 2.24) is 0 Å². The van der Waals surface area contributed by atoms with Gasteiger partial charge in [-0.25, -0.2) is 0 Å². The molecule has 0 unspecified atom stereocenters. The van der Waals surface area contributed by atoms with Crippen molar-refractivity contribution >= 4 is 22.8 Å². The van der Waals surface area contributed by atoms with E-state index >= 15 is 0 Å². The molecule has 0 saturated heterocycles. The average Bonchev–Trinajstić information content (AvgIpc) is 2.02. The Morgan fingerprint density at radius 2 is 2.00 bits per heavy atom. The van der Waals surface area contributed by atoms with Crippen LogP contribution in [0.15, 0.2) is 23.3 Å². The number of rotatable bonds is 2. The third kappa shape index (κ3) is 2.66. The molecule has 0 atom stereocenters. The number of nitrogens with two attached hydrogens (primary N) is 2. The van der Waals surface area contributed by atoms with E-state index in [9.17, 15) is 0 Å². The number of anilines is 3. The van der Waals surface area contributed by atoms with E-state index in [0.29, 0.717) is 11.4 Å². The normalized spacial score (nSPS) is 9.38. The van der Waals surface area contributed by atoms with E-state index in [-0.39, 0.29) is 0 Å². The zero-order valence-corrected chi connectivity index (χ0v) is 7.83. The minimum atomic E-state index is 0.602. The summed E-state index contributed by atoms with van der Waals surface area (Å²) in [4.78, 5) is 0. The quantitative estimate of drug-likeness (QED) is 0.366. The van der Waals surface area contributed by atoms with E-state index in [2.05, 4.69) is 10.5 Å². The van der Waals surface area contributed by atoms with Gasteiger partial charge in [-0.3, -0.25) is 5.43 Å². The van der Waals surface area contributed by atoms with Crippen molar-refractivity contribution in [3.8, 4) is 0 Å². The smallest absolute Gasteiger partial charge is 0.0792 e. The molecule has 4 nitrogen and oxygen atoms in total. The second-order valence-corrected chi connectivity index (χ2v) is 3.02. The summed E-state index contributed by atoms with van der Waals surface area (Å²) in [6.45, 7) is 3.81. The van der Waals surface area contributed by atoms with Gasteiger partial charge in [-0.05, 0) is 32.0 Å². The zero-order valence-electron chi connectivity index (χ0n) is 7.83. The van der Waals surface area contributed by atoms with Crippen molar-refractivity contribution in [3.05, 3.63) is 18.2 Å². The van der Waals surface area contributed by atoms with Gasteiger partial charge in [0.05, 0.1) is 11.4 Å². The average molecular weight is 178 g/mol. The Bertz CT molecular complexity index is 326. The monoisotopic (exact) mass is 178 g/mol. The molecule has 0 bridgehead atoms. The minimum Gasteiger partial charge on any atom is -0.399 e. The molecule has 0 radical (unpaired) electrons. The highest BCUT2D eigenvalue weighted by atomic mass is 15.3.